The number of carbonyl (C=O) groups is 1. The van der Waals surface area contributed by atoms with Crippen molar-refractivity contribution in [1.29, 1.82) is 0 Å². The first kappa shape index (κ1) is 19.0. The van der Waals surface area contributed by atoms with Crippen LogP contribution in [0.4, 0.5) is 27.4 Å². The number of nitro groups is 1. The number of hydrazine groups is 1. The molecule has 0 aliphatic rings. The van der Waals surface area contributed by atoms with E-state index >= 15 is 0 Å². The Morgan fingerprint density at radius 1 is 1.07 bits per heavy atom. The van der Waals surface area contributed by atoms with Gasteiger partial charge in [-0.2, -0.15) is 0 Å². The largest absolute Gasteiger partial charge is 0.355 e. The number of hydrogen-bond acceptors (Lipinski definition) is 7. The van der Waals surface area contributed by atoms with E-state index in [0.29, 0.717) is 10.7 Å². The Labute approximate surface area is 162 Å². The monoisotopic (exact) mass is 402 g/mol. The summed E-state index contributed by atoms with van der Waals surface area (Å²) in [4.78, 5) is 30.5. The van der Waals surface area contributed by atoms with E-state index in [-0.39, 0.29) is 17.2 Å². The van der Waals surface area contributed by atoms with Crippen molar-refractivity contribution in [3.8, 4) is 0 Å². The third kappa shape index (κ3) is 4.30. The fourth-order valence-corrected chi connectivity index (χ4v) is 2.36. The highest BCUT2D eigenvalue weighted by atomic mass is 35.5. The topological polar surface area (TPSA) is 122 Å². The third-order valence-electron chi connectivity index (χ3n) is 3.52. The summed E-state index contributed by atoms with van der Waals surface area (Å²) in [7, 11) is 0. The molecule has 0 fully saturated rings. The molecule has 1 amide bonds. The van der Waals surface area contributed by atoms with Gasteiger partial charge >= 0.3 is 5.69 Å². The summed E-state index contributed by atoms with van der Waals surface area (Å²) in [5.41, 5.74) is 4.28. The fraction of sp³-hybridized carbons (Fsp3) is 0. The first-order chi connectivity index (χ1) is 13.5. The van der Waals surface area contributed by atoms with E-state index < -0.39 is 22.3 Å². The van der Waals surface area contributed by atoms with Crippen LogP contribution in [0.5, 0.6) is 0 Å². The lowest BCUT2D eigenvalue weighted by Crippen LogP contribution is -2.31. The van der Waals surface area contributed by atoms with Crippen LogP contribution in [-0.2, 0) is 0 Å². The summed E-state index contributed by atoms with van der Waals surface area (Å²) in [5, 5.41) is 14.8. The number of aromatic nitrogens is 2. The summed E-state index contributed by atoms with van der Waals surface area (Å²) in [5.74, 6) is -1.94. The third-order valence-corrected chi connectivity index (χ3v) is 3.78. The van der Waals surface area contributed by atoms with Crippen LogP contribution in [0.1, 0.15) is 10.4 Å². The van der Waals surface area contributed by atoms with Crippen molar-refractivity contribution in [3.63, 3.8) is 0 Å². The Morgan fingerprint density at radius 3 is 2.43 bits per heavy atom. The Balaban J connectivity index is 1.83. The van der Waals surface area contributed by atoms with E-state index in [9.17, 15) is 19.3 Å². The molecule has 1 heterocycles. The molecule has 0 spiro atoms. The number of benzene rings is 2. The van der Waals surface area contributed by atoms with Crippen LogP contribution in [0.25, 0.3) is 0 Å². The van der Waals surface area contributed by atoms with Gasteiger partial charge in [-0.25, -0.2) is 14.4 Å². The van der Waals surface area contributed by atoms with Crippen molar-refractivity contribution in [2.75, 3.05) is 10.7 Å². The minimum atomic E-state index is -0.821. The van der Waals surface area contributed by atoms with E-state index in [1.54, 1.807) is 24.3 Å². The van der Waals surface area contributed by atoms with Gasteiger partial charge in [0.05, 0.1) is 10.5 Å². The number of carbonyl (C=O) groups excluding carboxylic acids is 1. The SMILES string of the molecule is O=C(NNc1ncnc(Nc2ccc(Cl)cc2)c1[N+](=O)[O-])c1ccccc1F. The molecule has 0 aliphatic heterocycles. The molecule has 2 aromatic carbocycles. The molecule has 0 aliphatic carbocycles. The summed E-state index contributed by atoms with van der Waals surface area (Å²) in [6.07, 6.45) is 1.07. The van der Waals surface area contributed by atoms with E-state index in [2.05, 4.69) is 26.1 Å². The Hall–Kier alpha value is -3.79. The molecule has 3 aromatic rings. The van der Waals surface area contributed by atoms with Gasteiger partial charge in [-0.15, -0.1) is 0 Å². The number of amides is 1. The van der Waals surface area contributed by atoms with E-state index in [4.69, 9.17) is 11.6 Å². The van der Waals surface area contributed by atoms with E-state index in [0.717, 1.165) is 12.4 Å². The fourth-order valence-electron chi connectivity index (χ4n) is 2.23. The lowest BCUT2D eigenvalue weighted by atomic mass is 10.2. The molecule has 0 saturated heterocycles. The van der Waals surface area contributed by atoms with Crippen LogP contribution < -0.4 is 16.2 Å². The second-order valence-electron chi connectivity index (χ2n) is 5.37. The highest BCUT2D eigenvalue weighted by Gasteiger charge is 2.24. The van der Waals surface area contributed by atoms with Crippen molar-refractivity contribution >= 4 is 40.5 Å². The first-order valence-corrected chi connectivity index (χ1v) is 8.16. The predicted octanol–water partition coefficient (Wildman–Crippen LogP) is 3.68. The van der Waals surface area contributed by atoms with Gasteiger partial charge in [0, 0.05) is 10.7 Å². The molecule has 0 bridgehead atoms. The molecule has 0 unspecified atom stereocenters. The lowest BCUT2D eigenvalue weighted by molar-refractivity contribution is -0.383. The summed E-state index contributed by atoms with van der Waals surface area (Å²) in [6.45, 7) is 0. The van der Waals surface area contributed by atoms with Gasteiger partial charge in [0.25, 0.3) is 5.91 Å². The highest BCUT2D eigenvalue weighted by molar-refractivity contribution is 6.30. The van der Waals surface area contributed by atoms with Gasteiger partial charge in [-0.3, -0.25) is 25.8 Å². The number of hydrogen-bond donors (Lipinski definition) is 3. The zero-order valence-electron chi connectivity index (χ0n) is 14.0. The molecule has 0 saturated carbocycles. The summed E-state index contributed by atoms with van der Waals surface area (Å²) >= 11 is 5.82. The average molecular weight is 403 g/mol. The quantitative estimate of drug-likeness (QED) is 0.424. The Kier molecular flexibility index (Phi) is 5.61. The second-order valence-corrected chi connectivity index (χ2v) is 5.80. The van der Waals surface area contributed by atoms with Crippen molar-refractivity contribution in [2.45, 2.75) is 0 Å². The molecule has 3 N–H and O–H groups in total. The number of nitrogens with zero attached hydrogens (tertiary/aromatic N) is 3. The van der Waals surface area contributed by atoms with Gasteiger partial charge in [-0.05, 0) is 36.4 Å². The minimum Gasteiger partial charge on any atom is -0.334 e. The van der Waals surface area contributed by atoms with Crippen molar-refractivity contribution < 1.29 is 14.1 Å². The van der Waals surface area contributed by atoms with Crippen LogP contribution >= 0.6 is 11.6 Å². The van der Waals surface area contributed by atoms with Gasteiger partial charge in [0.1, 0.15) is 12.1 Å². The Morgan fingerprint density at radius 2 is 1.75 bits per heavy atom. The molecule has 11 heteroatoms. The van der Waals surface area contributed by atoms with Crippen LogP contribution in [-0.4, -0.2) is 20.8 Å². The van der Waals surface area contributed by atoms with Crippen LogP contribution in [0.15, 0.2) is 54.9 Å². The maximum atomic E-state index is 13.7. The molecule has 28 heavy (non-hydrogen) atoms. The maximum Gasteiger partial charge on any atom is 0.355 e. The molecule has 9 nitrogen and oxygen atoms in total. The lowest BCUT2D eigenvalue weighted by Gasteiger charge is -2.11. The summed E-state index contributed by atoms with van der Waals surface area (Å²) in [6, 6.07) is 11.7. The molecule has 0 atom stereocenters. The highest BCUT2D eigenvalue weighted by Crippen LogP contribution is 2.31. The smallest absolute Gasteiger partial charge is 0.334 e. The standard InChI is InChI=1S/C17H12ClFN6O3/c18-10-5-7-11(8-6-10)22-15-14(25(27)28)16(21-9-20-15)23-24-17(26)12-3-1-2-4-13(12)19/h1-9H,(H,24,26)(H2,20,21,22,23). The van der Waals surface area contributed by atoms with Gasteiger partial charge in [0.15, 0.2) is 0 Å². The maximum absolute atomic E-state index is 13.7. The number of anilines is 3. The summed E-state index contributed by atoms with van der Waals surface area (Å²) < 4.78 is 13.7. The van der Waals surface area contributed by atoms with Gasteiger partial charge < -0.3 is 5.32 Å². The molecule has 0 radical (unpaired) electrons. The average Bonchev–Trinajstić information content (AvgIpc) is 2.68. The van der Waals surface area contributed by atoms with Crippen LogP contribution in [0.2, 0.25) is 5.02 Å². The number of halogens is 2. The Bertz CT molecular complexity index is 1030. The molecule has 1 aromatic heterocycles. The molecular formula is C17H12ClFN6O3. The van der Waals surface area contributed by atoms with Crippen molar-refractivity contribution in [3.05, 3.63) is 81.4 Å². The zero-order chi connectivity index (χ0) is 20.1. The number of rotatable bonds is 6. The molecular weight excluding hydrogens is 391 g/mol. The normalized spacial score (nSPS) is 10.2. The molecule has 142 valence electrons. The van der Waals surface area contributed by atoms with Crippen molar-refractivity contribution in [1.82, 2.24) is 15.4 Å². The van der Waals surface area contributed by atoms with Gasteiger partial charge in [0.2, 0.25) is 11.6 Å². The minimum absolute atomic E-state index is 0.107. The van der Waals surface area contributed by atoms with Crippen molar-refractivity contribution in [2.24, 2.45) is 0 Å². The van der Waals surface area contributed by atoms with Gasteiger partial charge in [-0.1, -0.05) is 23.7 Å². The van der Waals surface area contributed by atoms with E-state index in [1.807, 2.05) is 0 Å². The second kappa shape index (κ2) is 8.27. The number of nitrogens with one attached hydrogen (secondary N) is 3. The van der Waals surface area contributed by atoms with Crippen LogP contribution in [0.3, 0.4) is 0 Å². The molecule has 3 rings (SSSR count). The predicted molar refractivity (Wildman–Crippen MR) is 101 cm³/mol. The zero-order valence-corrected chi connectivity index (χ0v) is 14.8. The van der Waals surface area contributed by atoms with Crippen LogP contribution in [0, 0.1) is 15.9 Å². The van der Waals surface area contributed by atoms with E-state index in [1.165, 1.54) is 18.2 Å². The first-order valence-electron chi connectivity index (χ1n) is 7.78.